The minimum Gasteiger partial charge on any atom is -0.493 e. The summed E-state index contributed by atoms with van der Waals surface area (Å²) >= 11 is 9.38. The van der Waals surface area contributed by atoms with Gasteiger partial charge in [0, 0.05) is 22.6 Å². The Bertz CT molecular complexity index is 828. The van der Waals surface area contributed by atoms with Gasteiger partial charge in [0.05, 0.1) is 7.11 Å². The first kappa shape index (κ1) is 25.1. The summed E-state index contributed by atoms with van der Waals surface area (Å²) < 4.78 is 17.9. The van der Waals surface area contributed by atoms with Crippen molar-refractivity contribution in [1.82, 2.24) is 10.2 Å². The summed E-state index contributed by atoms with van der Waals surface area (Å²) in [6.45, 7) is 5.34. The number of aliphatic hydroxyl groups excluding tert-OH is 1. The first-order valence-electron chi connectivity index (χ1n) is 11.0. The van der Waals surface area contributed by atoms with E-state index in [1.807, 2.05) is 18.2 Å². The number of aliphatic hydroxyl groups is 1. The smallest absolute Gasteiger partial charge is 0.161 e. The molecule has 2 aromatic carbocycles. The van der Waals surface area contributed by atoms with Crippen LogP contribution >= 0.6 is 27.5 Å². The van der Waals surface area contributed by atoms with E-state index in [0.717, 1.165) is 41.0 Å². The standard InChI is InChI=1S/C24H32BrClN2O4/c1-30-24-12-18(4-5-23(24)31-11-10-28-8-2-3-9-28)6-7-27-16-21(29)17-32-22-14-19(25)13-20(26)15-22/h4-5,12-15,21,27,29H,2-3,6-11,16-17H2,1H3. The molecule has 1 fully saturated rings. The van der Waals surface area contributed by atoms with Crippen LogP contribution in [0.1, 0.15) is 18.4 Å². The molecule has 32 heavy (non-hydrogen) atoms. The molecule has 0 aliphatic carbocycles. The second-order valence-corrected chi connectivity index (χ2v) is 9.26. The molecule has 0 saturated carbocycles. The van der Waals surface area contributed by atoms with Gasteiger partial charge < -0.3 is 24.6 Å². The highest BCUT2D eigenvalue weighted by Crippen LogP contribution is 2.28. The van der Waals surface area contributed by atoms with E-state index < -0.39 is 6.10 Å². The predicted octanol–water partition coefficient (Wildman–Crippen LogP) is 4.16. The van der Waals surface area contributed by atoms with Crippen LogP contribution in [-0.2, 0) is 6.42 Å². The monoisotopic (exact) mass is 526 g/mol. The van der Waals surface area contributed by atoms with Crippen molar-refractivity contribution in [2.24, 2.45) is 0 Å². The van der Waals surface area contributed by atoms with Crippen LogP contribution in [-0.4, -0.2) is 69.2 Å². The molecule has 2 aromatic rings. The van der Waals surface area contributed by atoms with Crippen molar-refractivity contribution in [2.75, 3.05) is 53.0 Å². The predicted molar refractivity (Wildman–Crippen MR) is 131 cm³/mol. The fraction of sp³-hybridized carbons (Fsp3) is 0.500. The Morgan fingerprint density at radius 2 is 1.94 bits per heavy atom. The first-order valence-corrected chi connectivity index (χ1v) is 12.2. The minimum absolute atomic E-state index is 0.192. The van der Waals surface area contributed by atoms with Crippen molar-refractivity contribution >= 4 is 27.5 Å². The van der Waals surface area contributed by atoms with Crippen LogP contribution in [0.15, 0.2) is 40.9 Å². The molecular weight excluding hydrogens is 496 g/mol. The lowest BCUT2D eigenvalue weighted by molar-refractivity contribution is 0.106. The van der Waals surface area contributed by atoms with Gasteiger partial charge in [-0.25, -0.2) is 0 Å². The molecule has 2 N–H and O–H groups in total. The maximum absolute atomic E-state index is 10.2. The summed E-state index contributed by atoms with van der Waals surface area (Å²) in [7, 11) is 1.67. The molecule has 0 aromatic heterocycles. The van der Waals surface area contributed by atoms with Gasteiger partial charge in [-0.1, -0.05) is 33.6 Å². The Morgan fingerprint density at radius 3 is 2.69 bits per heavy atom. The maximum Gasteiger partial charge on any atom is 0.161 e. The fourth-order valence-electron chi connectivity index (χ4n) is 3.64. The number of hydrogen-bond donors (Lipinski definition) is 2. The molecule has 0 amide bonds. The summed E-state index contributed by atoms with van der Waals surface area (Å²) in [6.07, 6.45) is 2.78. The molecule has 1 aliphatic heterocycles. The molecule has 6 nitrogen and oxygen atoms in total. The van der Waals surface area contributed by atoms with E-state index in [1.165, 1.54) is 25.9 Å². The SMILES string of the molecule is COc1cc(CCNCC(O)COc2cc(Cl)cc(Br)c2)ccc1OCCN1CCCC1. The van der Waals surface area contributed by atoms with Crippen LogP contribution in [0.25, 0.3) is 0 Å². The quantitative estimate of drug-likeness (QED) is 0.382. The Balaban J connectivity index is 1.35. The molecular formula is C24H32BrClN2O4. The molecule has 0 radical (unpaired) electrons. The van der Waals surface area contributed by atoms with Crippen molar-refractivity contribution in [3.8, 4) is 17.2 Å². The molecule has 1 unspecified atom stereocenters. The van der Waals surface area contributed by atoms with E-state index in [9.17, 15) is 5.11 Å². The summed E-state index contributed by atoms with van der Waals surface area (Å²) in [5.74, 6) is 2.16. The molecule has 0 spiro atoms. The molecule has 1 heterocycles. The minimum atomic E-state index is -0.617. The van der Waals surface area contributed by atoms with Crippen molar-refractivity contribution < 1.29 is 19.3 Å². The van der Waals surface area contributed by atoms with Gasteiger partial charge in [0.2, 0.25) is 0 Å². The molecule has 0 bridgehead atoms. The highest BCUT2D eigenvalue weighted by Gasteiger charge is 2.12. The van der Waals surface area contributed by atoms with E-state index in [2.05, 4.69) is 32.2 Å². The summed E-state index contributed by atoms with van der Waals surface area (Å²) in [5, 5.41) is 14.0. The average Bonchev–Trinajstić information content (AvgIpc) is 3.29. The van der Waals surface area contributed by atoms with E-state index in [4.69, 9.17) is 25.8 Å². The van der Waals surface area contributed by atoms with Crippen LogP contribution < -0.4 is 19.5 Å². The van der Waals surface area contributed by atoms with E-state index >= 15 is 0 Å². The number of likely N-dealkylation sites (tertiary alicyclic amines) is 1. The number of benzene rings is 2. The third-order valence-corrected chi connectivity index (χ3v) is 6.02. The van der Waals surface area contributed by atoms with Gasteiger partial charge in [0.1, 0.15) is 25.1 Å². The Hall–Kier alpha value is -1.51. The highest BCUT2D eigenvalue weighted by atomic mass is 79.9. The number of halogens is 2. The largest absolute Gasteiger partial charge is 0.493 e. The van der Waals surface area contributed by atoms with Gasteiger partial charge in [0.15, 0.2) is 11.5 Å². The molecule has 176 valence electrons. The van der Waals surface area contributed by atoms with E-state index in [0.29, 0.717) is 23.9 Å². The van der Waals surface area contributed by atoms with Gasteiger partial charge in [0.25, 0.3) is 0 Å². The maximum atomic E-state index is 10.2. The highest BCUT2D eigenvalue weighted by molar-refractivity contribution is 9.10. The molecule has 1 atom stereocenters. The van der Waals surface area contributed by atoms with Crippen LogP contribution in [0.3, 0.4) is 0 Å². The average molecular weight is 528 g/mol. The number of nitrogens with zero attached hydrogens (tertiary/aromatic N) is 1. The summed E-state index contributed by atoms with van der Waals surface area (Å²) in [6, 6.07) is 11.4. The lowest BCUT2D eigenvalue weighted by Crippen LogP contribution is -2.32. The zero-order chi connectivity index (χ0) is 22.8. The Labute approximate surface area is 203 Å². The zero-order valence-corrected chi connectivity index (χ0v) is 20.8. The first-order chi connectivity index (χ1) is 15.5. The number of methoxy groups -OCH3 is 1. The third-order valence-electron chi connectivity index (χ3n) is 5.34. The summed E-state index contributed by atoms with van der Waals surface area (Å²) in [5.41, 5.74) is 1.15. The van der Waals surface area contributed by atoms with E-state index in [-0.39, 0.29) is 6.61 Å². The van der Waals surface area contributed by atoms with Crippen LogP contribution in [0.4, 0.5) is 0 Å². The van der Waals surface area contributed by atoms with Crippen molar-refractivity contribution in [3.05, 3.63) is 51.5 Å². The fourth-order valence-corrected chi connectivity index (χ4v) is 4.47. The lowest BCUT2D eigenvalue weighted by Gasteiger charge is -2.17. The molecule has 3 rings (SSSR count). The van der Waals surface area contributed by atoms with Gasteiger partial charge in [-0.3, -0.25) is 4.90 Å². The summed E-state index contributed by atoms with van der Waals surface area (Å²) in [4.78, 5) is 2.43. The third kappa shape index (κ3) is 8.45. The molecule has 1 aliphatic rings. The number of nitrogens with one attached hydrogen (secondary N) is 1. The topological polar surface area (TPSA) is 63.2 Å². The van der Waals surface area contributed by atoms with Crippen molar-refractivity contribution in [2.45, 2.75) is 25.4 Å². The van der Waals surface area contributed by atoms with Crippen LogP contribution in [0.2, 0.25) is 5.02 Å². The van der Waals surface area contributed by atoms with Crippen LogP contribution in [0, 0.1) is 0 Å². The second-order valence-electron chi connectivity index (χ2n) is 7.91. The van der Waals surface area contributed by atoms with Crippen LogP contribution in [0.5, 0.6) is 17.2 Å². The lowest BCUT2D eigenvalue weighted by atomic mass is 10.1. The second kappa shape index (κ2) is 13.3. The molecule has 1 saturated heterocycles. The van der Waals surface area contributed by atoms with Gasteiger partial charge >= 0.3 is 0 Å². The van der Waals surface area contributed by atoms with Crippen molar-refractivity contribution in [3.63, 3.8) is 0 Å². The number of rotatable bonds is 13. The number of ether oxygens (including phenoxy) is 3. The normalized spacial score (nSPS) is 15.0. The molecule has 8 heteroatoms. The van der Waals surface area contributed by atoms with Gasteiger partial charge in [-0.05, 0) is 74.8 Å². The van der Waals surface area contributed by atoms with Crippen molar-refractivity contribution in [1.29, 1.82) is 0 Å². The zero-order valence-electron chi connectivity index (χ0n) is 18.5. The Morgan fingerprint density at radius 1 is 1.12 bits per heavy atom. The number of hydrogen-bond acceptors (Lipinski definition) is 6. The van der Waals surface area contributed by atoms with Gasteiger partial charge in [-0.15, -0.1) is 0 Å². The Kier molecular flexibility index (Phi) is 10.4. The van der Waals surface area contributed by atoms with Gasteiger partial charge in [-0.2, -0.15) is 0 Å². The van der Waals surface area contributed by atoms with E-state index in [1.54, 1.807) is 19.2 Å².